The van der Waals surface area contributed by atoms with Crippen LogP contribution in [0.4, 0.5) is 5.95 Å². The van der Waals surface area contributed by atoms with Crippen molar-refractivity contribution in [2.45, 2.75) is 32.0 Å². The molecular formula is C24H27N5O2. The zero-order valence-corrected chi connectivity index (χ0v) is 17.9. The average Bonchev–Trinajstić information content (AvgIpc) is 3.34. The summed E-state index contributed by atoms with van der Waals surface area (Å²) >= 11 is 0. The third-order valence-electron chi connectivity index (χ3n) is 5.27. The number of ether oxygens (including phenoxy) is 1. The highest BCUT2D eigenvalue weighted by Gasteiger charge is 2.29. The van der Waals surface area contributed by atoms with Crippen molar-refractivity contribution in [2.24, 2.45) is 0 Å². The van der Waals surface area contributed by atoms with Gasteiger partial charge in [0.1, 0.15) is 6.10 Å². The summed E-state index contributed by atoms with van der Waals surface area (Å²) in [7, 11) is 3.80. The van der Waals surface area contributed by atoms with Crippen molar-refractivity contribution < 1.29 is 9.53 Å². The first kappa shape index (κ1) is 20.9. The zero-order chi connectivity index (χ0) is 21.6. The molecule has 3 aromatic rings. The molecule has 3 heterocycles. The topological polar surface area (TPSA) is 71.5 Å². The van der Waals surface area contributed by atoms with Crippen LogP contribution in [0.1, 0.15) is 24.1 Å². The van der Waals surface area contributed by atoms with E-state index in [2.05, 4.69) is 9.97 Å². The zero-order valence-electron chi connectivity index (χ0n) is 17.9. The van der Waals surface area contributed by atoms with Crippen LogP contribution in [0.2, 0.25) is 0 Å². The molecule has 1 amide bonds. The fraction of sp³-hybridized carbons (Fsp3) is 0.333. The minimum atomic E-state index is -0.392. The van der Waals surface area contributed by atoms with Crippen molar-refractivity contribution in [3.05, 3.63) is 72.2 Å². The Morgan fingerprint density at radius 2 is 1.87 bits per heavy atom. The van der Waals surface area contributed by atoms with Gasteiger partial charge >= 0.3 is 0 Å². The molecule has 1 aliphatic rings. The summed E-state index contributed by atoms with van der Waals surface area (Å²) in [4.78, 5) is 30.8. The van der Waals surface area contributed by atoms with Crippen LogP contribution >= 0.6 is 0 Å². The summed E-state index contributed by atoms with van der Waals surface area (Å²) in [6.45, 7) is 1.47. The maximum atomic E-state index is 13.4. The number of aromatic nitrogens is 3. The molecule has 4 rings (SSSR count). The Morgan fingerprint density at radius 3 is 2.55 bits per heavy atom. The molecule has 160 valence electrons. The van der Waals surface area contributed by atoms with Gasteiger partial charge in [-0.25, -0.2) is 9.97 Å². The SMILES string of the molecule is CN(C)c1ncc(-c2ccccn2)c(CN(Cc2ccccc2)C(=O)[C@@H]2CCCO2)n1. The molecule has 31 heavy (non-hydrogen) atoms. The fourth-order valence-corrected chi connectivity index (χ4v) is 3.65. The minimum absolute atomic E-state index is 0.00154. The average molecular weight is 418 g/mol. The quantitative estimate of drug-likeness (QED) is 0.587. The molecule has 1 aromatic carbocycles. The maximum absolute atomic E-state index is 13.4. The molecular weight excluding hydrogens is 390 g/mol. The second kappa shape index (κ2) is 9.66. The Labute approximate surface area is 182 Å². The van der Waals surface area contributed by atoms with Gasteiger partial charge in [-0.05, 0) is 30.5 Å². The summed E-state index contributed by atoms with van der Waals surface area (Å²) in [6, 6.07) is 15.7. The Kier molecular flexibility index (Phi) is 6.52. The lowest BCUT2D eigenvalue weighted by Crippen LogP contribution is -2.38. The Morgan fingerprint density at radius 1 is 1.06 bits per heavy atom. The van der Waals surface area contributed by atoms with E-state index in [0.29, 0.717) is 25.6 Å². The molecule has 1 aliphatic heterocycles. The van der Waals surface area contributed by atoms with E-state index >= 15 is 0 Å². The van der Waals surface area contributed by atoms with Crippen LogP contribution in [-0.4, -0.2) is 52.6 Å². The largest absolute Gasteiger partial charge is 0.368 e. The molecule has 7 heteroatoms. The van der Waals surface area contributed by atoms with Gasteiger partial charge in [-0.15, -0.1) is 0 Å². The fourth-order valence-electron chi connectivity index (χ4n) is 3.65. The van der Waals surface area contributed by atoms with E-state index in [4.69, 9.17) is 9.72 Å². The highest BCUT2D eigenvalue weighted by molar-refractivity contribution is 5.81. The molecule has 2 aromatic heterocycles. The smallest absolute Gasteiger partial charge is 0.252 e. The first-order valence-electron chi connectivity index (χ1n) is 10.5. The van der Waals surface area contributed by atoms with Crippen molar-refractivity contribution in [1.29, 1.82) is 0 Å². The predicted molar refractivity (Wildman–Crippen MR) is 119 cm³/mol. The Bertz CT molecular complexity index is 1000. The number of hydrogen-bond donors (Lipinski definition) is 0. The summed E-state index contributed by atoms with van der Waals surface area (Å²) in [5.74, 6) is 0.595. The number of amides is 1. The summed E-state index contributed by atoms with van der Waals surface area (Å²) in [6.07, 6.45) is 4.81. The van der Waals surface area contributed by atoms with Gasteiger partial charge in [0.05, 0.1) is 17.9 Å². The second-order valence-electron chi connectivity index (χ2n) is 7.82. The van der Waals surface area contributed by atoms with Gasteiger partial charge in [0, 0.05) is 45.2 Å². The van der Waals surface area contributed by atoms with Crippen LogP contribution in [0.15, 0.2) is 60.9 Å². The van der Waals surface area contributed by atoms with E-state index in [1.54, 1.807) is 12.4 Å². The van der Waals surface area contributed by atoms with Crippen LogP contribution in [0.3, 0.4) is 0 Å². The molecule has 1 saturated heterocycles. The molecule has 0 aliphatic carbocycles. The van der Waals surface area contributed by atoms with Gasteiger partial charge in [0.15, 0.2) is 0 Å². The van der Waals surface area contributed by atoms with Crippen LogP contribution in [0.25, 0.3) is 11.3 Å². The van der Waals surface area contributed by atoms with E-state index in [9.17, 15) is 4.79 Å². The van der Waals surface area contributed by atoms with Gasteiger partial charge in [0.25, 0.3) is 5.91 Å². The standard InChI is InChI=1S/C24H27N5O2/c1-28(2)24-26-15-19(20-11-6-7-13-25-20)21(27-24)17-29(16-18-9-4-3-5-10-18)23(30)22-12-8-14-31-22/h3-7,9-11,13,15,22H,8,12,14,16-17H2,1-2H3/t22-/m0/s1. The van der Waals surface area contributed by atoms with Crippen molar-refractivity contribution in [3.63, 3.8) is 0 Å². The molecule has 0 radical (unpaired) electrons. The predicted octanol–water partition coefficient (Wildman–Crippen LogP) is 3.31. The van der Waals surface area contributed by atoms with Gasteiger partial charge in [-0.1, -0.05) is 36.4 Å². The number of carbonyl (C=O) groups excluding carboxylic acids is 1. The number of hydrogen-bond acceptors (Lipinski definition) is 6. The van der Waals surface area contributed by atoms with Crippen LogP contribution in [0, 0.1) is 0 Å². The normalized spacial score (nSPS) is 15.6. The second-order valence-corrected chi connectivity index (χ2v) is 7.82. The number of anilines is 1. The highest BCUT2D eigenvalue weighted by Crippen LogP contribution is 2.25. The molecule has 0 unspecified atom stereocenters. The van der Waals surface area contributed by atoms with Crippen LogP contribution in [0.5, 0.6) is 0 Å². The third-order valence-corrected chi connectivity index (χ3v) is 5.27. The highest BCUT2D eigenvalue weighted by atomic mass is 16.5. The summed E-state index contributed by atoms with van der Waals surface area (Å²) in [5.41, 5.74) is 3.44. The van der Waals surface area contributed by atoms with E-state index in [1.807, 2.05) is 72.4 Å². The Balaban J connectivity index is 1.70. The van der Waals surface area contributed by atoms with Crippen LogP contribution in [-0.2, 0) is 22.6 Å². The van der Waals surface area contributed by atoms with Crippen LogP contribution < -0.4 is 4.90 Å². The number of nitrogens with zero attached hydrogens (tertiary/aromatic N) is 5. The summed E-state index contributed by atoms with van der Waals surface area (Å²) in [5, 5.41) is 0. The first-order valence-corrected chi connectivity index (χ1v) is 10.5. The number of benzene rings is 1. The minimum Gasteiger partial charge on any atom is -0.368 e. The first-order chi connectivity index (χ1) is 15.1. The lowest BCUT2D eigenvalue weighted by atomic mass is 10.1. The molecule has 0 spiro atoms. The Hall–Kier alpha value is -3.32. The summed E-state index contributed by atoms with van der Waals surface area (Å²) < 4.78 is 5.70. The van der Waals surface area contributed by atoms with E-state index in [0.717, 1.165) is 35.4 Å². The van der Waals surface area contributed by atoms with Gasteiger partial charge in [0.2, 0.25) is 5.95 Å². The maximum Gasteiger partial charge on any atom is 0.252 e. The molecule has 7 nitrogen and oxygen atoms in total. The van der Waals surface area contributed by atoms with Crippen molar-refractivity contribution >= 4 is 11.9 Å². The van der Waals surface area contributed by atoms with Gasteiger partial charge in [-0.3, -0.25) is 9.78 Å². The molecule has 1 fully saturated rings. The molecule has 0 N–H and O–H groups in total. The van der Waals surface area contributed by atoms with E-state index in [1.165, 1.54) is 0 Å². The van der Waals surface area contributed by atoms with Crippen molar-refractivity contribution in [1.82, 2.24) is 19.9 Å². The van der Waals surface area contributed by atoms with E-state index in [-0.39, 0.29) is 5.91 Å². The molecule has 0 bridgehead atoms. The van der Waals surface area contributed by atoms with E-state index < -0.39 is 6.10 Å². The number of pyridine rings is 1. The van der Waals surface area contributed by atoms with Gasteiger partial charge < -0.3 is 14.5 Å². The van der Waals surface area contributed by atoms with Gasteiger partial charge in [-0.2, -0.15) is 0 Å². The monoisotopic (exact) mass is 417 g/mol. The lowest BCUT2D eigenvalue weighted by Gasteiger charge is -2.26. The third kappa shape index (κ3) is 5.06. The van der Waals surface area contributed by atoms with Crippen molar-refractivity contribution in [3.8, 4) is 11.3 Å². The number of rotatable bonds is 7. The molecule has 1 atom stereocenters. The van der Waals surface area contributed by atoms with Crippen molar-refractivity contribution in [2.75, 3.05) is 25.6 Å². The molecule has 0 saturated carbocycles. The lowest BCUT2D eigenvalue weighted by molar-refractivity contribution is -0.142. The number of carbonyl (C=O) groups is 1.